The summed E-state index contributed by atoms with van der Waals surface area (Å²) in [6.45, 7) is 3.26. The van der Waals surface area contributed by atoms with E-state index in [0.29, 0.717) is 19.0 Å². The van der Waals surface area contributed by atoms with E-state index in [2.05, 4.69) is 6.92 Å². The van der Waals surface area contributed by atoms with Crippen molar-refractivity contribution in [1.29, 1.82) is 0 Å². The molecule has 26 heavy (non-hydrogen) atoms. The monoisotopic (exact) mass is 356 g/mol. The lowest BCUT2D eigenvalue weighted by Crippen LogP contribution is -2.46. The number of Topliss-reactive ketones (excluding diaryl/α,β-unsaturated/α-hetero) is 1. The largest absolute Gasteiger partial charge is 0.340 e. The van der Waals surface area contributed by atoms with Gasteiger partial charge in [-0.15, -0.1) is 0 Å². The molecule has 1 aromatic carbocycles. The van der Waals surface area contributed by atoms with Crippen molar-refractivity contribution in [3.63, 3.8) is 0 Å². The summed E-state index contributed by atoms with van der Waals surface area (Å²) >= 11 is 0. The van der Waals surface area contributed by atoms with Crippen molar-refractivity contribution in [2.24, 2.45) is 5.92 Å². The number of halogens is 1. The number of hydrogen-bond donors (Lipinski definition) is 0. The van der Waals surface area contributed by atoms with Crippen molar-refractivity contribution >= 4 is 11.7 Å². The SMILES string of the molecule is CC1CCN(C(=O)[C@H](C(=O)c2ccc(F)cc2)n2ccccc2=O)CC1. The lowest BCUT2D eigenvalue weighted by molar-refractivity contribution is -0.134. The van der Waals surface area contributed by atoms with Crippen molar-refractivity contribution in [2.45, 2.75) is 25.8 Å². The van der Waals surface area contributed by atoms with Crippen molar-refractivity contribution in [2.75, 3.05) is 13.1 Å². The zero-order valence-corrected chi connectivity index (χ0v) is 14.6. The number of piperidine rings is 1. The van der Waals surface area contributed by atoms with Gasteiger partial charge in [-0.2, -0.15) is 0 Å². The highest BCUT2D eigenvalue weighted by atomic mass is 19.1. The highest BCUT2D eigenvalue weighted by Crippen LogP contribution is 2.22. The van der Waals surface area contributed by atoms with E-state index in [1.165, 1.54) is 36.5 Å². The predicted molar refractivity (Wildman–Crippen MR) is 95.4 cm³/mol. The van der Waals surface area contributed by atoms with Crippen LogP contribution in [0.3, 0.4) is 0 Å². The first-order valence-electron chi connectivity index (χ1n) is 8.73. The van der Waals surface area contributed by atoms with Crippen LogP contribution in [0.5, 0.6) is 0 Å². The molecule has 1 amide bonds. The van der Waals surface area contributed by atoms with Crippen LogP contribution in [-0.4, -0.2) is 34.2 Å². The minimum Gasteiger partial charge on any atom is -0.340 e. The molecule has 136 valence electrons. The smallest absolute Gasteiger partial charge is 0.253 e. The molecule has 0 spiro atoms. The summed E-state index contributed by atoms with van der Waals surface area (Å²) in [5, 5.41) is 0. The van der Waals surface area contributed by atoms with E-state index in [0.717, 1.165) is 17.4 Å². The molecule has 0 aliphatic carbocycles. The maximum Gasteiger partial charge on any atom is 0.253 e. The Morgan fingerprint density at radius 2 is 1.73 bits per heavy atom. The Kier molecular flexibility index (Phi) is 5.30. The summed E-state index contributed by atoms with van der Waals surface area (Å²) in [7, 11) is 0. The van der Waals surface area contributed by atoms with Gasteiger partial charge < -0.3 is 4.90 Å². The van der Waals surface area contributed by atoms with Gasteiger partial charge in [0, 0.05) is 30.9 Å². The number of pyridine rings is 1. The van der Waals surface area contributed by atoms with Crippen LogP contribution in [-0.2, 0) is 4.79 Å². The van der Waals surface area contributed by atoms with Crippen LogP contribution in [0.25, 0.3) is 0 Å². The Labute approximate surface area is 151 Å². The summed E-state index contributed by atoms with van der Waals surface area (Å²) in [5.41, 5.74) is -0.224. The molecule has 2 aromatic rings. The van der Waals surface area contributed by atoms with E-state index >= 15 is 0 Å². The second kappa shape index (κ2) is 7.64. The molecule has 1 aromatic heterocycles. The number of benzene rings is 1. The quantitative estimate of drug-likeness (QED) is 0.625. The Hall–Kier alpha value is -2.76. The van der Waals surface area contributed by atoms with E-state index in [1.807, 2.05) is 0 Å². The standard InChI is InChI=1S/C20H21FN2O3/c1-14-9-12-22(13-10-14)20(26)18(23-11-3-2-4-17(23)24)19(25)15-5-7-16(21)8-6-15/h2-8,11,14,18H,9-10,12-13H2,1H3/t18-/m0/s1. The van der Waals surface area contributed by atoms with Crippen LogP contribution in [0.15, 0.2) is 53.5 Å². The molecule has 1 aliphatic rings. The minimum absolute atomic E-state index is 0.200. The normalized spacial score (nSPS) is 16.3. The first kappa shape index (κ1) is 18.0. The van der Waals surface area contributed by atoms with E-state index < -0.39 is 23.2 Å². The number of carbonyl (C=O) groups excluding carboxylic acids is 2. The molecular weight excluding hydrogens is 335 g/mol. The zero-order valence-electron chi connectivity index (χ0n) is 14.6. The van der Waals surface area contributed by atoms with Gasteiger partial charge in [0.05, 0.1) is 0 Å². The van der Waals surface area contributed by atoms with E-state index in [4.69, 9.17) is 0 Å². The maximum absolute atomic E-state index is 13.2. The number of likely N-dealkylation sites (tertiary alicyclic amines) is 1. The Bertz CT molecular complexity index is 852. The molecule has 1 saturated heterocycles. The van der Waals surface area contributed by atoms with E-state index in [9.17, 15) is 18.8 Å². The number of nitrogens with zero attached hydrogens (tertiary/aromatic N) is 2. The first-order chi connectivity index (χ1) is 12.5. The average Bonchev–Trinajstić information content (AvgIpc) is 2.64. The number of ketones is 1. The van der Waals surface area contributed by atoms with Crippen molar-refractivity contribution in [3.8, 4) is 0 Å². The fourth-order valence-corrected chi connectivity index (χ4v) is 3.18. The average molecular weight is 356 g/mol. The molecule has 5 nitrogen and oxygen atoms in total. The molecule has 1 aliphatic heterocycles. The second-order valence-electron chi connectivity index (χ2n) is 6.73. The van der Waals surface area contributed by atoms with Gasteiger partial charge >= 0.3 is 0 Å². The van der Waals surface area contributed by atoms with Crippen LogP contribution >= 0.6 is 0 Å². The molecule has 0 unspecified atom stereocenters. The molecule has 0 bridgehead atoms. The number of aromatic nitrogens is 1. The van der Waals surface area contributed by atoms with Crippen LogP contribution in [0, 0.1) is 11.7 Å². The van der Waals surface area contributed by atoms with Gasteiger partial charge in [-0.05, 0) is 49.1 Å². The molecule has 0 N–H and O–H groups in total. The Morgan fingerprint density at radius 3 is 2.35 bits per heavy atom. The number of amides is 1. The van der Waals surface area contributed by atoms with Gasteiger partial charge in [0.25, 0.3) is 11.5 Å². The van der Waals surface area contributed by atoms with E-state index in [-0.39, 0.29) is 11.5 Å². The number of hydrogen-bond acceptors (Lipinski definition) is 3. The molecule has 1 atom stereocenters. The molecular formula is C20H21FN2O3. The van der Waals surface area contributed by atoms with Crippen LogP contribution in [0.4, 0.5) is 4.39 Å². The summed E-state index contributed by atoms with van der Waals surface area (Å²) in [4.78, 5) is 40.1. The van der Waals surface area contributed by atoms with Crippen molar-refractivity contribution in [1.82, 2.24) is 9.47 Å². The third-order valence-corrected chi connectivity index (χ3v) is 4.84. The van der Waals surface area contributed by atoms with Gasteiger partial charge in [-0.1, -0.05) is 13.0 Å². The van der Waals surface area contributed by atoms with Gasteiger partial charge in [0.1, 0.15) is 5.82 Å². The highest BCUT2D eigenvalue weighted by Gasteiger charge is 2.34. The first-order valence-corrected chi connectivity index (χ1v) is 8.73. The lowest BCUT2D eigenvalue weighted by Gasteiger charge is -2.33. The highest BCUT2D eigenvalue weighted by molar-refractivity contribution is 6.11. The third kappa shape index (κ3) is 3.74. The molecule has 6 heteroatoms. The zero-order chi connectivity index (χ0) is 18.7. The molecule has 2 heterocycles. The Morgan fingerprint density at radius 1 is 1.08 bits per heavy atom. The second-order valence-corrected chi connectivity index (χ2v) is 6.73. The van der Waals surface area contributed by atoms with Crippen molar-refractivity contribution in [3.05, 3.63) is 70.4 Å². The van der Waals surface area contributed by atoms with Gasteiger partial charge in [-0.3, -0.25) is 19.0 Å². The maximum atomic E-state index is 13.2. The van der Waals surface area contributed by atoms with Crippen molar-refractivity contribution < 1.29 is 14.0 Å². The van der Waals surface area contributed by atoms with Crippen LogP contribution in [0.1, 0.15) is 36.2 Å². The van der Waals surface area contributed by atoms with Gasteiger partial charge in [0.15, 0.2) is 11.8 Å². The Balaban J connectivity index is 1.98. The molecule has 3 rings (SSSR count). The summed E-state index contributed by atoms with van der Waals surface area (Å²) in [6, 6.07) is 8.23. The van der Waals surface area contributed by atoms with Crippen LogP contribution < -0.4 is 5.56 Å². The number of carbonyl (C=O) groups is 2. The summed E-state index contributed by atoms with van der Waals surface area (Å²) in [6.07, 6.45) is 3.18. The van der Waals surface area contributed by atoms with E-state index in [1.54, 1.807) is 17.0 Å². The molecule has 0 radical (unpaired) electrons. The molecule has 1 fully saturated rings. The fourth-order valence-electron chi connectivity index (χ4n) is 3.18. The lowest BCUT2D eigenvalue weighted by atomic mass is 9.97. The number of rotatable bonds is 4. The van der Waals surface area contributed by atoms with Gasteiger partial charge in [-0.25, -0.2) is 4.39 Å². The summed E-state index contributed by atoms with van der Waals surface area (Å²) in [5.74, 6) is -0.836. The van der Waals surface area contributed by atoms with Crippen LogP contribution in [0.2, 0.25) is 0 Å². The predicted octanol–water partition coefficient (Wildman–Crippen LogP) is 2.67. The fraction of sp³-hybridized carbons (Fsp3) is 0.350. The minimum atomic E-state index is -1.28. The third-order valence-electron chi connectivity index (χ3n) is 4.84. The summed E-state index contributed by atoms with van der Waals surface area (Å²) < 4.78 is 14.3. The van der Waals surface area contributed by atoms with Gasteiger partial charge in [0.2, 0.25) is 0 Å². The topological polar surface area (TPSA) is 59.4 Å². The molecule has 0 saturated carbocycles.